The van der Waals surface area contributed by atoms with Crippen molar-refractivity contribution in [3.63, 3.8) is 0 Å². The summed E-state index contributed by atoms with van der Waals surface area (Å²) in [6.07, 6.45) is 1.75. The van der Waals surface area contributed by atoms with Crippen molar-refractivity contribution in [1.29, 1.82) is 0 Å². The molecule has 0 aliphatic heterocycles. The number of quaternary nitrogens is 1. The zero-order valence-electron chi connectivity index (χ0n) is 23.6. The van der Waals surface area contributed by atoms with Crippen LogP contribution in [-0.4, -0.2) is 89.3 Å². The average molecular weight is 539 g/mol. The number of aryl methyl sites for hydroxylation is 1. The van der Waals surface area contributed by atoms with Crippen molar-refractivity contribution in [2.45, 2.75) is 46.5 Å². The molecule has 0 saturated carbocycles. The van der Waals surface area contributed by atoms with E-state index in [0.29, 0.717) is 25.8 Å². The molecule has 11 nitrogen and oxygen atoms in total. The van der Waals surface area contributed by atoms with Crippen LogP contribution < -0.4 is 10.6 Å². The van der Waals surface area contributed by atoms with Crippen molar-refractivity contribution in [2.24, 2.45) is 5.41 Å². The molecule has 1 atom stereocenters. The summed E-state index contributed by atoms with van der Waals surface area (Å²) in [6, 6.07) is 7.22. The number of hydrogen-bond acceptors (Lipinski definition) is 8. The van der Waals surface area contributed by atoms with E-state index in [1.165, 1.54) is 13.8 Å². The number of amides is 2. The number of hydrogen-bond donors (Lipinski definition) is 2. The largest absolute Gasteiger partial charge is 0.508 e. The molecular formula is C27H44N3O8+. The first-order chi connectivity index (χ1) is 17.8. The molecule has 0 bridgehead atoms. The van der Waals surface area contributed by atoms with Crippen LogP contribution in [0.2, 0.25) is 0 Å². The topological polar surface area (TPSA) is 129 Å². The maximum absolute atomic E-state index is 12.7. The molecule has 0 heterocycles. The van der Waals surface area contributed by atoms with Gasteiger partial charge in [-0.2, -0.15) is 0 Å². The van der Waals surface area contributed by atoms with Crippen molar-refractivity contribution < 1.29 is 42.6 Å². The molecule has 0 aromatic heterocycles. The minimum atomic E-state index is -1.36. The first-order valence-corrected chi connectivity index (χ1v) is 12.8. The van der Waals surface area contributed by atoms with Gasteiger partial charge < -0.3 is 34.1 Å². The number of benzene rings is 1. The van der Waals surface area contributed by atoms with E-state index in [0.717, 1.165) is 28.7 Å². The highest BCUT2D eigenvalue weighted by Crippen LogP contribution is 2.21. The van der Waals surface area contributed by atoms with Gasteiger partial charge in [0.05, 0.1) is 40.9 Å². The normalized spacial score (nSPS) is 12.6. The Morgan fingerprint density at radius 3 is 2.11 bits per heavy atom. The van der Waals surface area contributed by atoms with Crippen molar-refractivity contribution in [2.75, 3.05) is 66.0 Å². The number of urea groups is 1. The highest BCUT2D eigenvalue weighted by Gasteiger charge is 2.38. The predicted molar refractivity (Wildman–Crippen MR) is 143 cm³/mol. The summed E-state index contributed by atoms with van der Waals surface area (Å²) in [4.78, 5) is 47.8. The fourth-order valence-corrected chi connectivity index (χ4v) is 3.13. The van der Waals surface area contributed by atoms with Crippen LogP contribution in [0.25, 0.3) is 0 Å². The van der Waals surface area contributed by atoms with Gasteiger partial charge in [0.2, 0.25) is 0 Å². The smallest absolute Gasteiger partial charge is 0.465 e. The summed E-state index contributed by atoms with van der Waals surface area (Å²) in [7, 11) is 6.11. The number of rotatable bonds is 16. The summed E-state index contributed by atoms with van der Waals surface area (Å²) in [5.41, 5.74) is 0.478. The minimum Gasteiger partial charge on any atom is -0.465 e. The van der Waals surface area contributed by atoms with Crippen LogP contribution >= 0.6 is 0 Å². The standard InChI is InChI=1S/C27H43N3O8/c1-21-11-13-23(14-12-21)29-25(33)28-15-8-7-9-17-36-26(34)38-20-27(3,19-37-22(2)31)24(32)35-18-10-16-30(4,5)6/h11-14H,7-10,15-20H2,1-6H3,(H-,28,29,33)/p+1. The number of nitrogens with zero attached hydrogens (tertiary/aromatic N) is 1. The Balaban J connectivity index is 2.28. The molecule has 0 radical (unpaired) electrons. The Morgan fingerprint density at radius 1 is 0.842 bits per heavy atom. The van der Waals surface area contributed by atoms with Gasteiger partial charge in [-0.1, -0.05) is 17.7 Å². The first-order valence-electron chi connectivity index (χ1n) is 12.8. The first kappa shape index (κ1) is 32.7. The lowest BCUT2D eigenvalue weighted by Gasteiger charge is -2.27. The van der Waals surface area contributed by atoms with E-state index >= 15 is 0 Å². The molecule has 214 valence electrons. The van der Waals surface area contributed by atoms with Gasteiger partial charge >= 0.3 is 24.1 Å². The molecule has 0 aliphatic rings. The highest BCUT2D eigenvalue weighted by atomic mass is 16.7. The van der Waals surface area contributed by atoms with Gasteiger partial charge in [0.1, 0.15) is 18.6 Å². The summed E-state index contributed by atoms with van der Waals surface area (Å²) >= 11 is 0. The van der Waals surface area contributed by atoms with Crippen molar-refractivity contribution in [1.82, 2.24) is 5.32 Å². The average Bonchev–Trinajstić information content (AvgIpc) is 2.84. The molecular weight excluding hydrogens is 494 g/mol. The van der Waals surface area contributed by atoms with Crippen LogP contribution in [0, 0.1) is 12.3 Å². The van der Waals surface area contributed by atoms with E-state index < -0.39 is 23.5 Å². The van der Waals surface area contributed by atoms with Crippen molar-refractivity contribution in [3.8, 4) is 0 Å². The second-order valence-corrected chi connectivity index (χ2v) is 10.5. The van der Waals surface area contributed by atoms with Gasteiger partial charge in [0, 0.05) is 25.6 Å². The molecule has 2 N–H and O–H groups in total. The summed E-state index contributed by atoms with van der Waals surface area (Å²) in [6.45, 7) is 5.70. The van der Waals surface area contributed by atoms with Gasteiger partial charge in [-0.25, -0.2) is 9.59 Å². The maximum Gasteiger partial charge on any atom is 0.508 e. The predicted octanol–water partition coefficient (Wildman–Crippen LogP) is 3.65. The van der Waals surface area contributed by atoms with Crippen molar-refractivity contribution in [3.05, 3.63) is 29.8 Å². The molecule has 1 unspecified atom stereocenters. The molecule has 0 saturated heterocycles. The van der Waals surface area contributed by atoms with Crippen LogP contribution in [0.4, 0.5) is 15.3 Å². The van der Waals surface area contributed by atoms with E-state index in [1.807, 2.05) is 52.3 Å². The molecule has 0 spiro atoms. The quantitative estimate of drug-likeness (QED) is 0.141. The van der Waals surface area contributed by atoms with Crippen LogP contribution in [0.3, 0.4) is 0 Å². The number of ether oxygens (including phenoxy) is 4. The Bertz CT molecular complexity index is 899. The molecule has 38 heavy (non-hydrogen) atoms. The summed E-state index contributed by atoms with van der Waals surface area (Å²) in [5.74, 6) is -1.18. The third-order valence-electron chi connectivity index (χ3n) is 5.44. The van der Waals surface area contributed by atoms with Crippen molar-refractivity contribution >= 4 is 29.8 Å². The second kappa shape index (κ2) is 16.5. The molecule has 2 amide bonds. The third kappa shape index (κ3) is 15.0. The number of anilines is 1. The Hall–Kier alpha value is -3.34. The molecule has 1 rings (SSSR count). The monoisotopic (exact) mass is 538 g/mol. The molecule has 0 fully saturated rings. The number of unbranched alkanes of at least 4 members (excludes halogenated alkanes) is 2. The third-order valence-corrected chi connectivity index (χ3v) is 5.44. The van der Waals surface area contributed by atoms with Crippen LogP contribution in [-0.2, 0) is 28.5 Å². The van der Waals surface area contributed by atoms with Crippen LogP contribution in [0.15, 0.2) is 24.3 Å². The Kier molecular flexibility index (Phi) is 14.2. The molecule has 11 heteroatoms. The van der Waals surface area contributed by atoms with E-state index in [2.05, 4.69) is 10.6 Å². The SMILES string of the molecule is CC(=O)OCC(C)(COC(=O)OCCCCCNC(=O)Nc1ccc(C)cc1)C(=O)OCCC[N+](C)(C)C. The number of nitrogens with one attached hydrogen (secondary N) is 2. The number of esters is 2. The van der Waals surface area contributed by atoms with Gasteiger partial charge in [0.25, 0.3) is 0 Å². The Labute approximate surface area is 225 Å². The van der Waals surface area contributed by atoms with E-state index in [-0.39, 0.29) is 32.5 Å². The van der Waals surface area contributed by atoms with Gasteiger partial charge in [-0.3, -0.25) is 9.59 Å². The van der Waals surface area contributed by atoms with Crippen LogP contribution in [0.1, 0.15) is 45.1 Å². The molecule has 0 aliphatic carbocycles. The van der Waals surface area contributed by atoms with Gasteiger partial charge in [-0.05, 0) is 45.2 Å². The van der Waals surface area contributed by atoms with Crippen LogP contribution in [0.5, 0.6) is 0 Å². The second-order valence-electron chi connectivity index (χ2n) is 10.5. The Morgan fingerprint density at radius 2 is 1.47 bits per heavy atom. The summed E-state index contributed by atoms with van der Waals surface area (Å²) < 4.78 is 21.3. The number of carbonyl (C=O) groups excluding carboxylic acids is 4. The zero-order valence-corrected chi connectivity index (χ0v) is 23.6. The molecule has 1 aromatic carbocycles. The lowest BCUT2D eigenvalue weighted by Crippen LogP contribution is -2.41. The minimum absolute atomic E-state index is 0.130. The number of carbonyl (C=O) groups is 4. The van der Waals surface area contributed by atoms with Gasteiger partial charge in [0.15, 0.2) is 0 Å². The van der Waals surface area contributed by atoms with E-state index in [4.69, 9.17) is 18.9 Å². The van der Waals surface area contributed by atoms with Gasteiger partial charge in [-0.15, -0.1) is 0 Å². The van der Waals surface area contributed by atoms with E-state index in [9.17, 15) is 19.2 Å². The zero-order chi connectivity index (χ0) is 28.6. The van der Waals surface area contributed by atoms with E-state index in [1.54, 1.807) is 0 Å². The lowest BCUT2D eigenvalue weighted by atomic mass is 9.93. The molecule has 1 aromatic rings. The highest BCUT2D eigenvalue weighted by molar-refractivity contribution is 5.89. The summed E-state index contributed by atoms with van der Waals surface area (Å²) in [5, 5.41) is 5.53. The maximum atomic E-state index is 12.7. The lowest BCUT2D eigenvalue weighted by molar-refractivity contribution is -0.870. The fourth-order valence-electron chi connectivity index (χ4n) is 3.13. The fraction of sp³-hybridized carbons (Fsp3) is 0.630.